The van der Waals surface area contributed by atoms with Crippen molar-refractivity contribution in [2.45, 2.75) is 57.2 Å². The van der Waals surface area contributed by atoms with Gasteiger partial charge in [0.2, 0.25) is 0 Å². The highest BCUT2D eigenvalue weighted by Crippen LogP contribution is 2.41. The van der Waals surface area contributed by atoms with E-state index >= 15 is 0 Å². The van der Waals surface area contributed by atoms with Crippen molar-refractivity contribution < 1.29 is 0 Å². The molecule has 2 aliphatic rings. The molecule has 2 atom stereocenters. The van der Waals surface area contributed by atoms with Crippen LogP contribution in [0.1, 0.15) is 39.0 Å². The summed E-state index contributed by atoms with van der Waals surface area (Å²) in [6, 6.07) is 8.16. The molecule has 1 aromatic rings. The minimum atomic E-state index is 0.637. The van der Waals surface area contributed by atoms with Crippen LogP contribution in [0.15, 0.2) is 22.7 Å². The molecule has 4 heteroatoms. The summed E-state index contributed by atoms with van der Waals surface area (Å²) in [5.74, 6) is 0. The third-order valence-corrected chi connectivity index (χ3v) is 5.47. The predicted octanol–water partition coefficient (Wildman–Crippen LogP) is 4.60. The molecule has 0 aliphatic carbocycles. The third-order valence-electron chi connectivity index (χ3n) is 4.65. The first-order valence-corrected chi connectivity index (χ1v) is 8.83. The predicted molar refractivity (Wildman–Crippen MR) is 89.8 cm³/mol. The maximum atomic E-state index is 6.46. The van der Waals surface area contributed by atoms with E-state index in [2.05, 4.69) is 39.1 Å². The van der Waals surface area contributed by atoms with Crippen molar-refractivity contribution in [3.63, 3.8) is 0 Å². The van der Waals surface area contributed by atoms with Crippen LogP contribution in [0.2, 0.25) is 5.02 Å². The van der Waals surface area contributed by atoms with Gasteiger partial charge in [-0.3, -0.25) is 0 Å². The molecule has 0 spiro atoms. The van der Waals surface area contributed by atoms with Crippen LogP contribution in [0.3, 0.4) is 0 Å². The number of anilines is 1. The number of benzene rings is 1. The van der Waals surface area contributed by atoms with Crippen molar-refractivity contribution in [3.8, 4) is 0 Å². The fourth-order valence-corrected chi connectivity index (χ4v) is 4.48. The highest BCUT2D eigenvalue weighted by atomic mass is 79.9. The standard InChI is InChI=1S/C16H22BrClN2/c1-2-19-12-9-13-4-3-5-14(10-12)20(13)16-8-11(17)6-7-15(16)18/h6-8,12-14,19H,2-5,9-10H2,1H3. The van der Waals surface area contributed by atoms with Crippen molar-refractivity contribution in [3.05, 3.63) is 27.7 Å². The summed E-state index contributed by atoms with van der Waals surface area (Å²) < 4.78 is 1.11. The summed E-state index contributed by atoms with van der Waals surface area (Å²) in [5.41, 5.74) is 1.21. The maximum Gasteiger partial charge on any atom is 0.0640 e. The van der Waals surface area contributed by atoms with Crippen molar-refractivity contribution in [1.29, 1.82) is 0 Å². The van der Waals surface area contributed by atoms with Gasteiger partial charge in [0.25, 0.3) is 0 Å². The van der Waals surface area contributed by atoms with Gasteiger partial charge in [0, 0.05) is 22.6 Å². The third kappa shape index (κ3) is 2.86. The van der Waals surface area contributed by atoms with Crippen molar-refractivity contribution in [1.82, 2.24) is 5.32 Å². The maximum absolute atomic E-state index is 6.46. The van der Waals surface area contributed by atoms with E-state index in [1.165, 1.54) is 37.8 Å². The average Bonchev–Trinajstić information content (AvgIpc) is 2.41. The average molecular weight is 358 g/mol. The molecule has 2 heterocycles. The Hall–Kier alpha value is -0.250. The van der Waals surface area contributed by atoms with Crippen LogP contribution in [-0.4, -0.2) is 24.7 Å². The zero-order valence-corrected chi connectivity index (χ0v) is 14.3. The van der Waals surface area contributed by atoms with Gasteiger partial charge in [0.05, 0.1) is 10.7 Å². The second kappa shape index (κ2) is 6.25. The van der Waals surface area contributed by atoms with Gasteiger partial charge in [0.1, 0.15) is 0 Å². The van der Waals surface area contributed by atoms with Gasteiger partial charge >= 0.3 is 0 Å². The highest BCUT2D eigenvalue weighted by Gasteiger charge is 2.38. The van der Waals surface area contributed by atoms with Crippen molar-refractivity contribution in [2.75, 3.05) is 11.4 Å². The molecule has 2 unspecified atom stereocenters. The van der Waals surface area contributed by atoms with Gasteiger partial charge in [-0.1, -0.05) is 34.5 Å². The summed E-state index contributed by atoms with van der Waals surface area (Å²) in [5, 5.41) is 4.52. The van der Waals surface area contributed by atoms with Gasteiger partial charge in [-0.15, -0.1) is 0 Å². The molecule has 0 aromatic heterocycles. The van der Waals surface area contributed by atoms with Gasteiger partial charge in [-0.05, 0) is 56.8 Å². The normalized spacial score (nSPS) is 29.6. The Kier molecular flexibility index (Phi) is 4.58. The van der Waals surface area contributed by atoms with E-state index in [0.29, 0.717) is 18.1 Å². The molecular weight excluding hydrogens is 336 g/mol. The molecule has 2 bridgehead atoms. The van der Waals surface area contributed by atoms with E-state index < -0.39 is 0 Å². The quantitative estimate of drug-likeness (QED) is 0.850. The van der Waals surface area contributed by atoms with E-state index in [-0.39, 0.29) is 0 Å². The number of piperidine rings is 2. The molecule has 1 N–H and O–H groups in total. The lowest BCUT2D eigenvalue weighted by Gasteiger charge is -2.50. The fourth-order valence-electron chi connectivity index (χ4n) is 3.91. The SMILES string of the molecule is CCNC1CC2CCCC(C1)N2c1cc(Br)ccc1Cl. The van der Waals surface area contributed by atoms with Crippen LogP contribution in [0.25, 0.3) is 0 Å². The van der Waals surface area contributed by atoms with Crippen LogP contribution in [0.4, 0.5) is 5.69 Å². The Morgan fingerprint density at radius 1 is 1.30 bits per heavy atom. The van der Waals surface area contributed by atoms with E-state index in [0.717, 1.165) is 16.0 Å². The Morgan fingerprint density at radius 3 is 2.65 bits per heavy atom. The van der Waals surface area contributed by atoms with Crippen molar-refractivity contribution in [2.24, 2.45) is 0 Å². The number of hydrogen-bond acceptors (Lipinski definition) is 2. The lowest BCUT2D eigenvalue weighted by atomic mass is 9.81. The molecule has 3 rings (SSSR count). The summed E-state index contributed by atoms with van der Waals surface area (Å²) >= 11 is 10.0. The van der Waals surface area contributed by atoms with Crippen LogP contribution in [0.5, 0.6) is 0 Å². The monoisotopic (exact) mass is 356 g/mol. The number of rotatable bonds is 3. The first kappa shape index (κ1) is 14.7. The second-order valence-corrected chi connectivity index (χ2v) is 7.29. The minimum absolute atomic E-state index is 0.637. The number of nitrogens with zero attached hydrogens (tertiary/aromatic N) is 1. The first-order valence-electron chi connectivity index (χ1n) is 7.65. The lowest BCUT2D eigenvalue weighted by Crippen LogP contribution is -2.56. The molecule has 0 amide bonds. The molecule has 0 saturated carbocycles. The topological polar surface area (TPSA) is 15.3 Å². The summed E-state index contributed by atoms with van der Waals surface area (Å²) in [7, 11) is 0. The van der Waals surface area contributed by atoms with E-state index in [9.17, 15) is 0 Å². The van der Waals surface area contributed by atoms with Gasteiger partial charge in [-0.25, -0.2) is 0 Å². The Morgan fingerprint density at radius 2 is 2.00 bits per heavy atom. The molecule has 110 valence electrons. The molecular formula is C16H22BrClN2. The summed E-state index contributed by atoms with van der Waals surface area (Å²) in [6.45, 7) is 3.27. The van der Waals surface area contributed by atoms with Gasteiger partial charge in [-0.2, -0.15) is 0 Å². The number of fused-ring (bicyclic) bond motifs is 2. The summed E-state index contributed by atoms with van der Waals surface area (Å²) in [6.07, 6.45) is 6.43. The fraction of sp³-hybridized carbons (Fsp3) is 0.625. The van der Waals surface area contributed by atoms with E-state index in [1.54, 1.807) is 0 Å². The molecule has 2 nitrogen and oxygen atoms in total. The second-order valence-electron chi connectivity index (χ2n) is 5.97. The number of nitrogens with one attached hydrogen (secondary N) is 1. The molecule has 2 fully saturated rings. The smallest absolute Gasteiger partial charge is 0.0640 e. The van der Waals surface area contributed by atoms with Crippen LogP contribution in [-0.2, 0) is 0 Å². The van der Waals surface area contributed by atoms with Crippen LogP contribution >= 0.6 is 27.5 Å². The molecule has 2 saturated heterocycles. The molecule has 1 aromatic carbocycles. The Bertz CT molecular complexity index is 466. The molecule has 20 heavy (non-hydrogen) atoms. The van der Waals surface area contributed by atoms with Crippen LogP contribution in [0, 0.1) is 0 Å². The highest BCUT2D eigenvalue weighted by molar-refractivity contribution is 9.10. The summed E-state index contributed by atoms with van der Waals surface area (Å²) in [4.78, 5) is 2.60. The van der Waals surface area contributed by atoms with E-state index in [1.807, 2.05) is 12.1 Å². The lowest BCUT2D eigenvalue weighted by molar-refractivity contribution is 0.247. The zero-order chi connectivity index (χ0) is 14.1. The van der Waals surface area contributed by atoms with Crippen molar-refractivity contribution >= 4 is 33.2 Å². The first-order chi connectivity index (χ1) is 9.69. The Labute approximate surface area is 135 Å². The Balaban J connectivity index is 1.88. The largest absolute Gasteiger partial charge is 0.364 e. The molecule has 0 radical (unpaired) electrons. The minimum Gasteiger partial charge on any atom is -0.364 e. The van der Waals surface area contributed by atoms with Gasteiger partial charge < -0.3 is 10.2 Å². The number of halogens is 2. The van der Waals surface area contributed by atoms with Gasteiger partial charge in [0.15, 0.2) is 0 Å². The van der Waals surface area contributed by atoms with E-state index in [4.69, 9.17) is 11.6 Å². The van der Waals surface area contributed by atoms with Crippen LogP contribution < -0.4 is 10.2 Å². The molecule has 2 aliphatic heterocycles. The zero-order valence-electron chi connectivity index (χ0n) is 11.9. The number of hydrogen-bond donors (Lipinski definition) is 1.